The van der Waals surface area contributed by atoms with Crippen LogP contribution in [0, 0.1) is 0 Å². The van der Waals surface area contributed by atoms with E-state index in [2.05, 4.69) is 27.7 Å². The number of hydrogen-bond donors (Lipinski definition) is 0. The number of hydrogen-bond acceptors (Lipinski definition) is 1. The van der Waals surface area contributed by atoms with Gasteiger partial charge in [0, 0.05) is 26.2 Å². The quantitative estimate of drug-likeness (QED) is 0.385. The Morgan fingerprint density at radius 1 is 0.789 bits per heavy atom. The van der Waals surface area contributed by atoms with Gasteiger partial charge in [-0.15, -0.1) is 0 Å². The number of halogens is 2. The molecule has 0 aliphatic rings. The van der Waals surface area contributed by atoms with Crippen LogP contribution in [-0.2, 0) is 4.57 Å². The largest absolute Gasteiger partial charge is 0.286 e. The summed E-state index contributed by atoms with van der Waals surface area (Å²) in [5.74, 6) is 0. The van der Waals surface area contributed by atoms with Crippen LogP contribution < -0.4 is 0 Å². The molecule has 0 atom stereocenters. The summed E-state index contributed by atoms with van der Waals surface area (Å²) in [7, 11) is -2.88. The molecule has 0 saturated heterocycles. The average molecular weight is 331 g/mol. The minimum Gasteiger partial charge on any atom is -0.286 e. The summed E-state index contributed by atoms with van der Waals surface area (Å²) in [6.07, 6.45) is 3.82. The van der Waals surface area contributed by atoms with Gasteiger partial charge in [-0.25, -0.2) is 9.34 Å². The summed E-state index contributed by atoms with van der Waals surface area (Å²) in [6.45, 7) is 11.5. The molecule has 0 unspecified atom stereocenters. The van der Waals surface area contributed by atoms with Crippen molar-refractivity contribution >= 4 is 30.6 Å². The minimum atomic E-state index is -2.88. The normalized spacial score (nSPS) is 12.9. The van der Waals surface area contributed by atoms with Gasteiger partial charge in [0.1, 0.15) is 0 Å². The van der Waals surface area contributed by atoms with Crippen LogP contribution in [0.1, 0.15) is 53.4 Å². The minimum absolute atomic E-state index is 0.783. The number of nitrogens with zero attached hydrogens (tertiary/aromatic N) is 2. The molecule has 0 aliphatic carbocycles. The first kappa shape index (κ1) is 19.7. The molecule has 19 heavy (non-hydrogen) atoms. The second kappa shape index (κ2) is 10.5. The maximum absolute atomic E-state index is 13.5. The van der Waals surface area contributed by atoms with Gasteiger partial charge < -0.3 is 0 Å². The van der Waals surface area contributed by atoms with E-state index in [1.54, 1.807) is 0 Å². The van der Waals surface area contributed by atoms with Crippen LogP contribution in [0.5, 0.6) is 0 Å². The SMILES string of the molecule is CCCN(CCC)P(=O)(C(Cl)Cl)N(CCC)CCC. The first-order valence-corrected chi connectivity index (χ1v) is 9.92. The third kappa shape index (κ3) is 5.55. The van der Waals surface area contributed by atoms with Gasteiger partial charge in [0.25, 0.3) is 0 Å². The average Bonchev–Trinajstić information content (AvgIpc) is 2.37. The third-order valence-corrected chi connectivity index (χ3v) is 7.45. The van der Waals surface area contributed by atoms with Gasteiger partial charge in [-0.2, -0.15) is 0 Å². The molecule has 0 spiro atoms. The molecular formula is C13H29Cl2N2OP. The number of alkyl halides is 2. The molecule has 0 saturated carbocycles. The van der Waals surface area contributed by atoms with Crippen LogP contribution in [0.15, 0.2) is 0 Å². The highest BCUT2D eigenvalue weighted by Crippen LogP contribution is 2.60. The maximum Gasteiger partial charge on any atom is 0.248 e. The Labute approximate surface area is 129 Å². The Kier molecular flexibility index (Phi) is 10.9. The van der Waals surface area contributed by atoms with Crippen LogP contribution >= 0.6 is 30.6 Å². The van der Waals surface area contributed by atoms with Crippen molar-refractivity contribution in [3.8, 4) is 0 Å². The molecule has 3 nitrogen and oxygen atoms in total. The molecule has 0 aromatic rings. The smallest absolute Gasteiger partial charge is 0.248 e. The van der Waals surface area contributed by atoms with E-state index < -0.39 is 12.0 Å². The van der Waals surface area contributed by atoms with Crippen molar-refractivity contribution in [2.75, 3.05) is 26.2 Å². The first-order chi connectivity index (χ1) is 8.98. The highest BCUT2D eigenvalue weighted by atomic mass is 35.5. The highest BCUT2D eigenvalue weighted by molar-refractivity contribution is 7.63. The van der Waals surface area contributed by atoms with E-state index in [9.17, 15) is 4.57 Å². The van der Waals surface area contributed by atoms with E-state index in [0.717, 1.165) is 51.9 Å². The molecule has 0 radical (unpaired) electrons. The van der Waals surface area contributed by atoms with Crippen molar-refractivity contribution in [2.24, 2.45) is 0 Å². The van der Waals surface area contributed by atoms with Crippen molar-refractivity contribution in [3.63, 3.8) is 0 Å². The topological polar surface area (TPSA) is 23.6 Å². The lowest BCUT2D eigenvalue weighted by atomic mass is 10.4. The number of rotatable bonds is 11. The van der Waals surface area contributed by atoms with E-state index in [1.807, 2.05) is 9.34 Å². The Bertz CT molecular complexity index is 245. The molecule has 0 bridgehead atoms. The van der Waals surface area contributed by atoms with Gasteiger partial charge in [-0.05, 0) is 25.7 Å². The molecule has 0 aromatic carbocycles. The molecule has 0 fully saturated rings. The lowest BCUT2D eigenvalue weighted by Crippen LogP contribution is -2.36. The lowest BCUT2D eigenvalue weighted by molar-refractivity contribution is 0.329. The summed E-state index contributed by atoms with van der Waals surface area (Å²) >= 11 is 12.3. The highest BCUT2D eigenvalue weighted by Gasteiger charge is 2.41. The predicted octanol–water partition coefficient (Wildman–Crippen LogP) is 5.18. The van der Waals surface area contributed by atoms with Crippen LogP contribution in [0.2, 0.25) is 0 Å². The molecule has 6 heteroatoms. The second-order valence-corrected chi connectivity index (χ2v) is 9.30. The van der Waals surface area contributed by atoms with Gasteiger partial charge in [0.2, 0.25) is 7.44 Å². The lowest BCUT2D eigenvalue weighted by Gasteiger charge is -2.40. The van der Waals surface area contributed by atoms with Gasteiger partial charge in [0.05, 0.1) is 0 Å². The van der Waals surface area contributed by atoms with E-state index in [-0.39, 0.29) is 0 Å². The summed E-state index contributed by atoms with van der Waals surface area (Å²) in [4.78, 5) is 0. The monoisotopic (exact) mass is 330 g/mol. The fourth-order valence-electron chi connectivity index (χ4n) is 2.25. The van der Waals surface area contributed by atoms with E-state index in [1.165, 1.54) is 0 Å². The predicted molar refractivity (Wildman–Crippen MR) is 87.4 cm³/mol. The van der Waals surface area contributed by atoms with Crippen LogP contribution in [0.3, 0.4) is 0 Å². The fourth-order valence-corrected chi connectivity index (χ4v) is 6.53. The zero-order chi connectivity index (χ0) is 14.9. The first-order valence-electron chi connectivity index (χ1n) is 7.37. The molecule has 0 N–H and O–H groups in total. The summed E-state index contributed by atoms with van der Waals surface area (Å²) in [6, 6.07) is 0. The van der Waals surface area contributed by atoms with Crippen molar-refractivity contribution in [1.82, 2.24) is 9.34 Å². The van der Waals surface area contributed by atoms with Crippen LogP contribution in [0.4, 0.5) is 0 Å². The maximum atomic E-state index is 13.5. The standard InChI is InChI=1S/C13H29Cl2N2OP/c1-5-9-16(10-6-2)19(18,13(14)15)17(11-7-3)12-8-4/h13H,5-12H2,1-4H3. The van der Waals surface area contributed by atoms with Crippen LogP contribution in [0.25, 0.3) is 0 Å². The Morgan fingerprint density at radius 2 is 1.05 bits per heavy atom. The molecule has 0 heterocycles. The molecule has 116 valence electrons. The van der Waals surface area contributed by atoms with Gasteiger partial charge in [0.15, 0.2) is 4.58 Å². The summed E-state index contributed by atoms with van der Waals surface area (Å²) in [5.41, 5.74) is 0. The van der Waals surface area contributed by atoms with Crippen molar-refractivity contribution in [2.45, 2.75) is 58.0 Å². The Hall–Kier alpha value is 0.730. The molecular weight excluding hydrogens is 302 g/mol. The fraction of sp³-hybridized carbons (Fsp3) is 1.00. The summed E-state index contributed by atoms with van der Waals surface area (Å²) < 4.78 is 16.7. The zero-order valence-electron chi connectivity index (χ0n) is 12.7. The van der Waals surface area contributed by atoms with Gasteiger partial charge in [-0.1, -0.05) is 50.9 Å². The summed E-state index contributed by atoms with van der Waals surface area (Å²) in [5, 5.41) is 0. The van der Waals surface area contributed by atoms with Crippen LogP contribution in [-0.4, -0.2) is 40.1 Å². The van der Waals surface area contributed by atoms with Crippen molar-refractivity contribution in [1.29, 1.82) is 0 Å². The van der Waals surface area contributed by atoms with Gasteiger partial charge >= 0.3 is 0 Å². The van der Waals surface area contributed by atoms with E-state index in [4.69, 9.17) is 23.2 Å². The molecule has 0 aromatic heterocycles. The Balaban J connectivity index is 5.30. The second-order valence-electron chi connectivity index (χ2n) is 4.77. The molecule has 0 aliphatic heterocycles. The molecule has 0 amide bonds. The molecule has 0 rings (SSSR count). The van der Waals surface area contributed by atoms with E-state index in [0.29, 0.717) is 0 Å². The third-order valence-electron chi connectivity index (χ3n) is 2.99. The Morgan fingerprint density at radius 3 is 1.21 bits per heavy atom. The van der Waals surface area contributed by atoms with Crippen molar-refractivity contribution < 1.29 is 4.57 Å². The van der Waals surface area contributed by atoms with E-state index >= 15 is 0 Å². The van der Waals surface area contributed by atoms with Crippen molar-refractivity contribution in [3.05, 3.63) is 0 Å². The zero-order valence-corrected chi connectivity index (χ0v) is 15.1. The van der Waals surface area contributed by atoms with Gasteiger partial charge in [-0.3, -0.25) is 4.57 Å².